The highest BCUT2D eigenvalue weighted by molar-refractivity contribution is 6.04. The van der Waals surface area contributed by atoms with Crippen LogP contribution in [0.2, 0.25) is 0 Å². The molecule has 1 aliphatic rings. The standard InChI is InChI=1S/C17H21N3O4/c1-8(2)18-15(21)10(4)23-17(22)12-7-13(11-5-6-11)19-16-14(12)9(3)20-24-16/h7-8,10-11H,5-6H2,1-4H3,(H,18,21)/t10-/m0/s1. The number of rotatable bonds is 5. The number of hydrogen-bond donors (Lipinski definition) is 1. The summed E-state index contributed by atoms with van der Waals surface area (Å²) in [4.78, 5) is 29.0. The van der Waals surface area contributed by atoms with Crippen LogP contribution in [0.5, 0.6) is 0 Å². The molecule has 0 saturated heterocycles. The second-order valence-corrected chi connectivity index (χ2v) is 6.53. The third kappa shape index (κ3) is 3.25. The number of hydrogen-bond acceptors (Lipinski definition) is 6. The van der Waals surface area contributed by atoms with E-state index in [0.29, 0.717) is 28.3 Å². The molecule has 0 bridgehead atoms. The lowest BCUT2D eigenvalue weighted by atomic mass is 10.1. The highest BCUT2D eigenvalue weighted by atomic mass is 16.5. The molecule has 2 aromatic heterocycles. The first-order valence-electron chi connectivity index (χ1n) is 8.15. The van der Waals surface area contributed by atoms with Crippen molar-refractivity contribution < 1.29 is 18.8 Å². The average Bonchev–Trinajstić information content (AvgIpc) is 3.30. The highest BCUT2D eigenvalue weighted by Crippen LogP contribution is 2.40. The number of amides is 1. The number of nitrogens with zero attached hydrogens (tertiary/aromatic N) is 2. The van der Waals surface area contributed by atoms with Crippen molar-refractivity contribution in [2.75, 3.05) is 0 Å². The van der Waals surface area contributed by atoms with Gasteiger partial charge in [-0.15, -0.1) is 0 Å². The quantitative estimate of drug-likeness (QED) is 0.846. The molecule has 1 N–H and O–H groups in total. The van der Waals surface area contributed by atoms with E-state index in [4.69, 9.17) is 9.26 Å². The van der Waals surface area contributed by atoms with E-state index in [1.165, 1.54) is 0 Å². The van der Waals surface area contributed by atoms with Crippen LogP contribution in [0.3, 0.4) is 0 Å². The summed E-state index contributed by atoms with van der Waals surface area (Å²) in [6.07, 6.45) is 1.22. The first kappa shape index (κ1) is 16.4. The minimum absolute atomic E-state index is 0.0203. The molecule has 24 heavy (non-hydrogen) atoms. The van der Waals surface area contributed by atoms with Gasteiger partial charge < -0.3 is 14.6 Å². The Balaban J connectivity index is 1.88. The van der Waals surface area contributed by atoms with Gasteiger partial charge in [-0.2, -0.15) is 0 Å². The normalized spacial score (nSPS) is 15.5. The van der Waals surface area contributed by atoms with E-state index in [1.807, 2.05) is 13.8 Å². The molecule has 2 aromatic rings. The third-order valence-corrected chi connectivity index (χ3v) is 3.94. The van der Waals surface area contributed by atoms with E-state index in [9.17, 15) is 9.59 Å². The summed E-state index contributed by atoms with van der Waals surface area (Å²) in [5.74, 6) is -0.539. The van der Waals surface area contributed by atoms with Crippen molar-refractivity contribution in [1.29, 1.82) is 0 Å². The number of carbonyl (C=O) groups is 2. The van der Waals surface area contributed by atoms with Gasteiger partial charge in [-0.25, -0.2) is 9.78 Å². The summed E-state index contributed by atoms with van der Waals surface area (Å²) < 4.78 is 10.6. The van der Waals surface area contributed by atoms with Crippen molar-refractivity contribution in [3.63, 3.8) is 0 Å². The first-order valence-corrected chi connectivity index (χ1v) is 8.15. The Hall–Kier alpha value is -2.44. The van der Waals surface area contributed by atoms with Crippen molar-refractivity contribution in [2.24, 2.45) is 0 Å². The summed E-state index contributed by atoms with van der Waals surface area (Å²) >= 11 is 0. The number of fused-ring (bicyclic) bond motifs is 1. The lowest BCUT2D eigenvalue weighted by molar-refractivity contribution is -0.129. The minimum atomic E-state index is -0.882. The predicted octanol–water partition coefficient (Wildman–Crippen LogP) is 2.48. The smallest absolute Gasteiger partial charge is 0.339 e. The maximum atomic E-state index is 12.6. The molecule has 7 heteroatoms. The summed E-state index contributed by atoms with van der Waals surface area (Å²) in [6, 6.07) is 1.72. The van der Waals surface area contributed by atoms with Crippen LogP contribution in [0.25, 0.3) is 11.1 Å². The highest BCUT2D eigenvalue weighted by Gasteiger charge is 2.30. The molecule has 1 aliphatic carbocycles. The van der Waals surface area contributed by atoms with Crippen molar-refractivity contribution in [2.45, 2.75) is 58.6 Å². The van der Waals surface area contributed by atoms with E-state index < -0.39 is 12.1 Å². The molecule has 1 atom stereocenters. The number of ether oxygens (including phenoxy) is 1. The van der Waals surface area contributed by atoms with Crippen LogP contribution in [0.1, 0.15) is 61.3 Å². The molecule has 7 nitrogen and oxygen atoms in total. The molecule has 128 valence electrons. The summed E-state index contributed by atoms with van der Waals surface area (Å²) in [7, 11) is 0. The Kier molecular flexibility index (Phi) is 4.26. The third-order valence-electron chi connectivity index (χ3n) is 3.94. The summed E-state index contributed by atoms with van der Waals surface area (Å²) in [5, 5.41) is 7.15. The number of carbonyl (C=O) groups excluding carboxylic acids is 2. The molecule has 0 radical (unpaired) electrons. The molecule has 1 fully saturated rings. The van der Waals surface area contributed by atoms with Gasteiger partial charge in [0.2, 0.25) is 0 Å². The van der Waals surface area contributed by atoms with Gasteiger partial charge in [0.05, 0.1) is 16.6 Å². The summed E-state index contributed by atoms with van der Waals surface area (Å²) in [5.41, 5.74) is 2.07. The number of pyridine rings is 1. The molecule has 0 aliphatic heterocycles. The molecular formula is C17H21N3O4. The number of aromatic nitrogens is 2. The zero-order valence-electron chi connectivity index (χ0n) is 14.3. The topological polar surface area (TPSA) is 94.3 Å². The Morgan fingerprint density at radius 3 is 2.67 bits per heavy atom. The van der Waals surface area contributed by atoms with Gasteiger partial charge in [-0.3, -0.25) is 4.79 Å². The molecule has 1 amide bonds. The van der Waals surface area contributed by atoms with E-state index in [1.54, 1.807) is 19.9 Å². The van der Waals surface area contributed by atoms with Gasteiger partial charge >= 0.3 is 5.97 Å². The Morgan fingerprint density at radius 1 is 1.33 bits per heavy atom. The van der Waals surface area contributed by atoms with E-state index in [0.717, 1.165) is 18.5 Å². The van der Waals surface area contributed by atoms with E-state index in [2.05, 4.69) is 15.5 Å². The number of aryl methyl sites for hydroxylation is 1. The molecular weight excluding hydrogens is 310 g/mol. The fourth-order valence-corrected chi connectivity index (χ4v) is 2.54. The monoisotopic (exact) mass is 331 g/mol. The van der Waals surface area contributed by atoms with E-state index >= 15 is 0 Å². The predicted molar refractivity (Wildman–Crippen MR) is 86.7 cm³/mol. The lowest BCUT2D eigenvalue weighted by Crippen LogP contribution is -2.39. The first-order chi connectivity index (χ1) is 11.4. The van der Waals surface area contributed by atoms with E-state index in [-0.39, 0.29) is 11.9 Å². The van der Waals surface area contributed by atoms with Gasteiger partial charge in [0.25, 0.3) is 11.6 Å². The van der Waals surface area contributed by atoms with Crippen LogP contribution < -0.4 is 5.32 Å². The molecule has 0 unspecified atom stereocenters. The molecule has 3 rings (SSSR count). The minimum Gasteiger partial charge on any atom is -0.449 e. The largest absolute Gasteiger partial charge is 0.449 e. The summed E-state index contributed by atoms with van der Waals surface area (Å²) in [6.45, 7) is 6.99. The zero-order valence-corrected chi connectivity index (χ0v) is 14.3. The van der Waals surface area contributed by atoms with Crippen LogP contribution in [0.4, 0.5) is 0 Å². The zero-order chi connectivity index (χ0) is 17.4. The van der Waals surface area contributed by atoms with Crippen LogP contribution in [0, 0.1) is 6.92 Å². The number of nitrogens with one attached hydrogen (secondary N) is 1. The maximum Gasteiger partial charge on any atom is 0.339 e. The van der Waals surface area contributed by atoms with Crippen LogP contribution in [0.15, 0.2) is 10.6 Å². The fraction of sp³-hybridized carbons (Fsp3) is 0.529. The Bertz CT molecular complexity index is 792. The van der Waals surface area contributed by atoms with Crippen molar-refractivity contribution in [3.8, 4) is 0 Å². The van der Waals surface area contributed by atoms with Crippen LogP contribution in [-0.2, 0) is 9.53 Å². The van der Waals surface area contributed by atoms with Crippen LogP contribution >= 0.6 is 0 Å². The van der Waals surface area contributed by atoms with Crippen molar-refractivity contribution >= 4 is 23.0 Å². The number of esters is 1. The molecule has 1 saturated carbocycles. The molecule has 0 spiro atoms. The second-order valence-electron chi connectivity index (χ2n) is 6.53. The van der Waals surface area contributed by atoms with Gasteiger partial charge in [0, 0.05) is 17.7 Å². The van der Waals surface area contributed by atoms with Crippen molar-refractivity contribution in [1.82, 2.24) is 15.5 Å². The average molecular weight is 331 g/mol. The Morgan fingerprint density at radius 2 is 2.04 bits per heavy atom. The SMILES string of the molecule is Cc1noc2nc(C3CC3)cc(C(=O)O[C@@H](C)C(=O)NC(C)C)c12. The van der Waals surface area contributed by atoms with Crippen LogP contribution in [-0.4, -0.2) is 34.2 Å². The van der Waals surface area contributed by atoms with Gasteiger partial charge in [-0.05, 0) is 46.6 Å². The van der Waals surface area contributed by atoms with Crippen molar-refractivity contribution in [3.05, 3.63) is 23.0 Å². The maximum absolute atomic E-state index is 12.6. The second kappa shape index (κ2) is 6.22. The van der Waals surface area contributed by atoms with Gasteiger partial charge in [0.15, 0.2) is 6.10 Å². The fourth-order valence-electron chi connectivity index (χ4n) is 2.54. The molecule has 2 heterocycles. The molecule has 0 aromatic carbocycles. The lowest BCUT2D eigenvalue weighted by Gasteiger charge is -2.15. The Labute approximate surface area is 139 Å². The van der Waals surface area contributed by atoms with Gasteiger partial charge in [-0.1, -0.05) is 5.16 Å². The van der Waals surface area contributed by atoms with Gasteiger partial charge in [0.1, 0.15) is 0 Å².